The average molecular weight is 393 g/mol. The molecule has 2 aromatic rings. The number of fused-ring (bicyclic) bond motifs is 1. The highest BCUT2D eigenvalue weighted by molar-refractivity contribution is 7.21. The van der Waals surface area contributed by atoms with Crippen LogP contribution in [0, 0.1) is 0 Å². The number of aromatic carboxylic acids is 1. The van der Waals surface area contributed by atoms with Gasteiger partial charge in [0.05, 0.1) is 11.8 Å². The van der Waals surface area contributed by atoms with E-state index in [9.17, 15) is 15.0 Å². The van der Waals surface area contributed by atoms with Gasteiger partial charge in [0.1, 0.15) is 15.5 Å². The number of aliphatic hydroxyl groups excluding tert-OH is 1. The number of nitrogens with two attached hydrogens (primary N) is 1. The van der Waals surface area contributed by atoms with E-state index in [0.717, 1.165) is 66.9 Å². The maximum Gasteiger partial charge on any atom is 0.348 e. The van der Waals surface area contributed by atoms with Gasteiger partial charge < -0.3 is 26.2 Å². The van der Waals surface area contributed by atoms with E-state index >= 15 is 0 Å². The molecule has 0 radical (unpaired) electrons. The fourth-order valence-electron chi connectivity index (χ4n) is 3.62. The van der Waals surface area contributed by atoms with E-state index in [0.29, 0.717) is 23.1 Å². The van der Waals surface area contributed by atoms with Crippen LogP contribution in [-0.2, 0) is 6.42 Å². The summed E-state index contributed by atoms with van der Waals surface area (Å²) in [5, 5.41) is 23.0. The second kappa shape index (κ2) is 8.41. The normalized spacial score (nSPS) is 16.8. The quantitative estimate of drug-likeness (QED) is 0.573. The second-order valence-corrected chi connectivity index (χ2v) is 8.24. The Bertz CT molecular complexity index is 813. The molecule has 1 aliphatic rings. The summed E-state index contributed by atoms with van der Waals surface area (Å²) in [6.07, 6.45) is 3.45. The van der Waals surface area contributed by atoms with Crippen molar-refractivity contribution in [3.63, 3.8) is 0 Å². The molecule has 0 spiro atoms. The van der Waals surface area contributed by atoms with Crippen LogP contribution in [0.15, 0.2) is 6.07 Å². The van der Waals surface area contributed by atoms with Crippen molar-refractivity contribution < 1.29 is 15.0 Å². The molecule has 3 heterocycles. The van der Waals surface area contributed by atoms with Crippen molar-refractivity contribution in [1.82, 2.24) is 10.3 Å². The number of pyridine rings is 1. The Labute approximate surface area is 163 Å². The van der Waals surface area contributed by atoms with Gasteiger partial charge in [-0.05, 0) is 37.8 Å². The van der Waals surface area contributed by atoms with Gasteiger partial charge in [-0.3, -0.25) is 0 Å². The molecule has 2 aromatic heterocycles. The summed E-state index contributed by atoms with van der Waals surface area (Å²) in [7, 11) is 0. The zero-order chi connectivity index (χ0) is 19.6. The number of rotatable bonds is 7. The summed E-state index contributed by atoms with van der Waals surface area (Å²) in [5.74, 6) is -0.0948. The van der Waals surface area contributed by atoms with Gasteiger partial charge in [0.25, 0.3) is 0 Å². The molecule has 1 atom stereocenters. The molecule has 1 fully saturated rings. The standard InChI is InChI=1S/C19H28N4O3S/c1-3-4-12-9-14(22-18-15(12)16(20)17(27-18)19(25)26)23-7-5-13(6-8-23)21-10-11(2)24/h9,11,13,21,24H,3-8,10,20H2,1-2H3,(H,25,26)/t11-/m1/s1. The second-order valence-electron chi connectivity index (χ2n) is 7.24. The lowest BCUT2D eigenvalue weighted by Crippen LogP contribution is -2.44. The highest BCUT2D eigenvalue weighted by atomic mass is 32.1. The largest absolute Gasteiger partial charge is 0.477 e. The number of carboxylic acids is 1. The summed E-state index contributed by atoms with van der Waals surface area (Å²) in [6, 6.07) is 2.48. The van der Waals surface area contributed by atoms with Crippen LogP contribution in [0.25, 0.3) is 10.2 Å². The molecular weight excluding hydrogens is 364 g/mol. The van der Waals surface area contributed by atoms with Crippen LogP contribution in [0.5, 0.6) is 0 Å². The molecule has 3 rings (SSSR count). The third-order valence-corrected chi connectivity index (χ3v) is 6.09. The summed E-state index contributed by atoms with van der Waals surface area (Å²) >= 11 is 1.16. The van der Waals surface area contributed by atoms with E-state index in [2.05, 4.69) is 23.2 Å². The number of nitrogen functional groups attached to an aromatic ring is 1. The molecule has 7 nitrogen and oxygen atoms in total. The summed E-state index contributed by atoms with van der Waals surface area (Å²) in [6.45, 7) is 6.27. The number of aryl methyl sites for hydroxylation is 1. The minimum atomic E-state index is -0.996. The van der Waals surface area contributed by atoms with Crippen molar-refractivity contribution in [3.8, 4) is 0 Å². The van der Waals surface area contributed by atoms with Gasteiger partial charge in [-0.2, -0.15) is 0 Å². The first-order chi connectivity index (χ1) is 12.9. The molecule has 0 bridgehead atoms. The van der Waals surface area contributed by atoms with Gasteiger partial charge in [-0.15, -0.1) is 11.3 Å². The molecule has 0 aromatic carbocycles. The summed E-state index contributed by atoms with van der Waals surface area (Å²) in [4.78, 5) is 19.3. The lowest BCUT2D eigenvalue weighted by molar-refractivity contribution is 0.0703. The van der Waals surface area contributed by atoms with E-state index in [1.54, 1.807) is 6.92 Å². The number of carbonyl (C=O) groups is 1. The molecular formula is C19H28N4O3S. The van der Waals surface area contributed by atoms with E-state index in [-0.39, 0.29) is 11.0 Å². The van der Waals surface area contributed by atoms with Gasteiger partial charge in [0, 0.05) is 31.1 Å². The van der Waals surface area contributed by atoms with E-state index in [4.69, 9.17) is 10.7 Å². The highest BCUT2D eigenvalue weighted by Gasteiger charge is 2.24. The minimum absolute atomic E-state index is 0.174. The fraction of sp³-hybridized carbons (Fsp3) is 0.579. The van der Waals surface area contributed by atoms with Crippen LogP contribution in [0.1, 0.15) is 48.3 Å². The molecule has 27 heavy (non-hydrogen) atoms. The third kappa shape index (κ3) is 4.34. The van der Waals surface area contributed by atoms with Crippen LogP contribution >= 0.6 is 11.3 Å². The van der Waals surface area contributed by atoms with Gasteiger partial charge >= 0.3 is 5.97 Å². The van der Waals surface area contributed by atoms with Crippen LogP contribution in [0.4, 0.5) is 11.5 Å². The maximum atomic E-state index is 11.5. The monoisotopic (exact) mass is 392 g/mol. The maximum absolute atomic E-state index is 11.5. The molecule has 1 saturated heterocycles. The predicted octanol–water partition coefficient (Wildman–Crippen LogP) is 2.47. The molecule has 0 saturated carbocycles. The molecule has 148 valence electrons. The number of carboxylic acid groups (broad SMARTS) is 1. The van der Waals surface area contributed by atoms with E-state index in [1.807, 2.05) is 0 Å². The van der Waals surface area contributed by atoms with Crippen molar-refractivity contribution in [3.05, 3.63) is 16.5 Å². The SMILES string of the molecule is CCCc1cc(N2CCC(NC[C@@H](C)O)CC2)nc2sc(C(=O)O)c(N)c12. The molecule has 1 aliphatic heterocycles. The zero-order valence-electron chi connectivity index (χ0n) is 15.9. The van der Waals surface area contributed by atoms with Crippen molar-refractivity contribution in [2.75, 3.05) is 30.3 Å². The lowest BCUT2D eigenvalue weighted by Gasteiger charge is -2.33. The number of anilines is 2. The van der Waals surface area contributed by atoms with E-state index in [1.165, 1.54) is 0 Å². The molecule has 5 N–H and O–H groups in total. The highest BCUT2D eigenvalue weighted by Crippen LogP contribution is 2.37. The predicted molar refractivity (Wildman–Crippen MR) is 110 cm³/mol. The Hall–Kier alpha value is -1.90. The van der Waals surface area contributed by atoms with Crippen molar-refractivity contribution in [2.24, 2.45) is 0 Å². The molecule has 8 heteroatoms. The van der Waals surface area contributed by atoms with Crippen LogP contribution in [-0.4, -0.2) is 52.9 Å². The van der Waals surface area contributed by atoms with Gasteiger partial charge in [-0.25, -0.2) is 9.78 Å². The van der Waals surface area contributed by atoms with Gasteiger partial charge in [-0.1, -0.05) is 13.3 Å². The number of nitrogens with zero attached hydrogens (tertiary/aromatic N) is 2. The van der Waals surface area contributed by atoms with Gasteiger partial charge in [0.2, 0.25) is 0 Å². The number of nitrogens with one attached hydrogen (secondary N) is 1. The van der Waals surface area contributed by atoms with Crippen LogP contribution in [0.2, 0.25) is 0 Å². The molecule has 0 amide bonds. The third-order valence-electron chi connectivity index (χ3n) is 5.00. The van der Waals surface area contributed by atoms with Crippen molar-refractivity contribution in [2.45, 2.75) is 51.7 Å². The Morgan fingerprint density at radius 2 is 2.19 bits per heavy atom. The lowest BCUT2D eigenvalue weighted by atomic mass is 10.0. The molecule has 0 aliphatic carbocycles. The topological polar surface area (TPSA) is 112 Å². The Morgan fingerprint density at radius 3 is 2.78 bits per heavy atom. The first-order valence-electron chi connectivity index (χ1n) is 9.52. The summed E-state index contributed by atoms with van der Waals surface area (Å²) < 4.78 is 0. The first-order valence-corrected chi connectivity index (χ1v) is 10.3. The molecule has 0 unspecified atom stereocenters. The van der Waals surface area contributed by atoms with Crippen LogP contribution < -0.4 is 16.0 Å². The van der Waals surface area contributed by atoms with Crippen molar-refractivity contribution in [1.29, 1.82) is 0 Å². The first kappa shape index (κ1) is 19.9. The number of aromatic nitrogens is 1. The summed E-state index contributed by atoms with van der Waals surface area (Å²) in [5.41, 5.74) is 7.54. The minimum Gasteiger partial charge on any atom is -0.477 e. The zero-order valence-corrected chi connectivity index (χ0v) is 16.7. The van der Waals surface area contributed by atoms with Gasteiger partial charge in [0.15, 0.2) is 0 Å². The van der Waals surface area contributed by atoms with Crippen molar-refractivity contribution >= 4 is 39.0 Å². The number of piperidine rings is 1. The number of hydrogen-bond donors (Lipinski definition) is 4. The number of hydrogen-bond acceptors (Lipinski definition) is 7. The Kier molecular flexibility index (Phi) is 6.18. The Morgan fingerprint density at radius 1 is 1.48 bits per heavy atom. The average Bonchev–Trinajstić information content (AvgIpc) is 2.98. The number of thiophene rings is 1. The fourth-order valence-corrected chi connectivity index (χ4v) is 4.60. The number of aliphatic hydroxyl groups is 1. The van der Waals surface area contributed by atoms with E-state index < -0.39 is 5.97 Å². The smallest absolute Gasteiger partial charge is 0.348 e. The van der Waals surface area contributed by atoms with Crippen LogP contribution in [0.3, 0.4) is 0 Å². The Balaban J connectivity index is 1.84.